The van der Waals surface area contributed by atoms with E-state index in [0.29, 0.717) is 35.4 Å². The van der Waals surface area contributed by atoms with Crippen LogP contribution >= 0.6 is 0 Å². The molecule has 24 heavy (non-hydrogen) atoms. The molecule has 3 aromatic heterocycles. The zero-order chi connectivity index (χ0) is 17.1. The fraction of sp³-hybridized carbons (Fsp3) is 0.353. The van der Waals surface area contributed by atoms with Crippen molar-refractivity contribution < 1.29 is 9.21 Å². The predicted molar refractivity (Wildman–Crippen MR) is 90.7 cm³/mol. The van der Waals surface area contributed by atoms with E-state index in [1.54, 1.807) is 23.1 Å². The molecular weight excluding hydrogens is 306 g/mol. The second kappa shape index (κ2) is 6.74. The molecule has 126 valence electrons. The molecule has 0 aliphatic heterocycles. The highest BCUT2D eigenvalue weighted by Gasteiger charge is 2.17. The van der Waals surface area contributed by atoms with Gasteiger partial charge in [0.15, 0.2) is 11.6 Å². The molecule has 0 bridgehead atoms. The quantitative estimate of drug-likeness (QED) is 0.726. The van der Waals surface area contributed by atoms with E-state index in [-0.39, 0.29) is 5.91 Å². The molecule has 7 heteroatoms. The molecule has 3 rings (SSSR count). The summed E-state index contributed by atoms with van der Waals surface area (Å²) in [5.74, 6) is 1.38. The summed E-state index contributed by atoms with van der Waals surface area (Å²) >= 11 is 0. The fourth-order valence-electron chi connectivity index (χ4n) is 2.54. The smallest absolute Gasteiger partial charge is 0.275 e. The van der Waals surface area contributed by atoms with Gasteiger partial charge in [0.25, 0.3) is 5.91 Å². The number of carbonyl (C=O) groups is 1. The van der Waals surface area contributed by atoms with Gasteiger partial charge in [-0.1, -0.05) is 13.8 Å². The maximum absolute atomic E-state index is 12.5. The minimum atomic E-state index is -0.225. The lowest BCUT2D eigenvalue weighted by Gasteiger charge is -2.03. The normalized spacial score (nSPS) is 11.2. The van der Waals surface area contributed by atoms with Crippen molar-refractivity contribution in [1.82, 2.24) is 20.0 Å². The lowest BCUT2D eigenvalue weighted by Crippen LogP contribution is -2.17. The number of aromatic nitrogens is 4. The van der Waals surface area contributed by atoms with Crippen molar-refractivity contribution in [3.05, 3.63) is 41.9 Å². The molecule has 0 fully saturated rings. The van der Waals surface area contributed by atoms with Crippen LogP contribution in [0.15, 0.2) is 34.9 Å². The third kappa shape index (κ3) is 3.40. The van der Waals surface area contributed by atoms with Crippen LogP contribution in [-0.2, 0) is 13.0 Å². The third-order valence-electron chi connectivity index (χ3n) is 3.59. The Morgan fingerprint density at radius 1 is 1.42 bits per heavy atom. The molecule has 3 aromatic rings. The Morgan fingerprint density at radius 3 is 2.92 bits per heavy atom. The number of nitrogens with one attached hydrogen (secondary N) is 2. The predicted octanol–water partition coefficient (Wildman–Crippen LogP) is 3.34. The SMILES string of the molecule is CCn1nc(CC(C)C)cc1C(=O)Nc1cc(-c2ccco2)[nH]n1. The van der Waals surface area contributed by atoms with E-state index in [9.17, 15) is 4.79 Å². The highest BCUT2D eigenvalue weighted by atomic mass is 16.3. The maximum Gasteiger partial charge on any atom is 0.275 e. The van der Waals surface area contributed by atoms with E-state index in [4.69, 9.17) is 4.42 Å². The van der Waals surface area contributed by atoms with Gasteiger partial charge in [-0.25, -0.2) is 0 Å². The van der Waals surface area contributed by atoms with Gasteiger partial charge in [-0.2, -0.15) is 10.2 Å². The molecule has 0 saturated heterocycles. The summed E-state index contributed by atoms with van der Waals surface area (Å²) in [5.41, 5.74) is 2.17. The van der Waals surface area contributed by atoms with Gasteiger partial charge in [0.2, 0.25) is 0 Å². The molecule has 0 aliphatic rings. The van der Waals surface area contributed by atoms with Crippen LogP contribution < -0.4 is 5.32 Å². The van der Waals surface area contributed by atoms with Gasteiger partial charge in [-0.15, -0.1) is 0 Å². The van der Waals surface area contributed by atoms with Crippen molar-refractivity contribution in [1.29, 1.82) is 0 Å². The lowest BCUT2D eigenvalue weighted by molar-refractivity contribution is 0.101. The number of carbonyl (C=O) groups excluding carboxylic acids is 1. The van der Waals surface area contributed by atoms with E-state index in [2.05, 4.69) is 34.5 Å². The van der Waals surface area contributed by atoms with Crippen molar-refractivity contribution in [2.75, 3.05) is 5.32 Å². The number of aromatic amines is 1. The molecular formula is C17H21N5O2. The van der Waals surface area contributed by atoms with Gasteiger partial charge >= 0.3 is 0 Å². The molecule has 7 nitrogen and oxygen atoms in total. The van der Waals surface area contributed by atoms with Crippen LogP contribution in [0.1, 0.15) is 37.0 Å². The molecule has 3 heterocycles. The van der Waals surface area contributed by atoms with E-state index >= 15 is 0 Å². The van der Waals surface area contributed by atoms with Gasteiger partial charge in [-0.3, -0.25) is 14.6 Å². The molecule has 2 N–H and O–H groups in total. The topological polar surface area (TPSA) is 88.7 Å². The second-order valence-corrected chi connectivity index (χ2v) is 6.03. The van der Waals surface area contributed by atoms with Gasteiger partial charge < -0.3 is 9.73 Å². The second-order valence-electron chi connectivity index (χ2n) is 6.03. The number of hydrogen-bond donors (Lipinski definition) is 2. The van der Waals surface area contributed by atoms with E-state index in [1.807, 2.05) is 19.1 Å². The molecule has 0 spiro atoms. The minimum absolute atomic E-state index is 0.225. The highest BCUT2D eigenvalue weighted by molar-refractivity contribution is 6.02. The number of rotatable bonds is 6. The van der Waals surface area contributed by atoms with Gasteiger partial charge in [0.1, 0.15) is 11.4 Å². The number of anilines is 1. The first-order chi connectivity index (χ1) is 11.6. The number of nitrogens with zero attached hydrogens (tertiary/aromatic N) is 3. The molecule has 0 saturated carbocycles. The van der Waals surface area contributed by atoms with Crippen molar-refractivity contribution >= 4 is 11.7 Å². The molecule has 0 aliphatic carbocycles. The molecule has 0 unspecified atom stereocenters. The summed E-state index contributed by atoms with van der Waals surface area (Å²) in [6, 6.07) is 7.20. The van der Waals surface area contributed by atoms with Crippen molar-refractivity contribution in [3.8, 4) is 11.5 Å². The number of amides is 1. The fourth-order valence-corrected chi connectivity index (χ4v) is 2.54. The van der Waals surface area contributed by atoms with Gasteiger partial charge in [0, 0.05) is 12.6 Å². The summed E-state index contributed by atoms with van der Waals surface area (Å²) in [6.07, 6.45) is 2.43. The molecule has 0 aromatic carbocycles. The summed E-state index contributed by atoms with van der Waals surface area (Å²) in [7, 11) is 0. The summed E-state index contributed by atoms with van der Waals surface area (Å²) in [4.78, 5) is 12.5. The number of furan rings is 1. The first kappa shape index (κ1) is 16.0. The number of aryl methyl sites for hydroxylation is 1. The molecule has 1 amide bonds. The first-order valence-corrected chi connectivity index (χ1v) is 8.04. The summed E-state index contributed by atoms with van der Waals surface area (Å²) in [5, 5.41) is 14.2. The average molecular weight is 327 g/mol. The Morgan fingerprint density at radius 2 is 2.25 bits per heavy atom. The van der Waals surface area contributed by atoms with Crippen LogP contribution in [0.5, 0.6) is 0 Å². The number of H-pyrrole nitrogens is 1. The molecule has 0 atom stereocenters. The minimum Gasteiger partial charge on any atom is -0.463 e. The Balaban J connectivity index is 1.76. The van der Waals surface area contributed by atoms with Gasteiger partial charge in [-0.05, 0) is 37.5 Å². The maximum atomic E-state index is 12.5. The van der Waals surface area contributed by atoms with Crippen LogP contribution in [0.3, 0.4) is 0 Å². The highest BCUT2D eigenvalue weighted by Crippen LogP contribution is 2.20. The Kier molecular flexibility index (Phi) is 4.50. The Hall–Kier alpha value is -2.83. The van der Waals surface area contributed by atoms with E-state index in [0.717, 1.165) is 12.1 Å². The summed E-state index contributed by atoms with van der Waals surface area (Å²) < 4.78 is 7.02. The molecule has 0 radical (unpaired) electrons. The van der Waals surface area contributed by atoms with Crippen LogP contribution in [0.25, 0.3) is 11.5 Å². The van der Waals surface area contributed by atoms with Crippen molar-refractivity contribution in [2.24, 2.45) is 5.92 Å². The van der Waals surface area contributed by atoms with Crippen LogP contribution in [-0.4, -0.2) is 25.9 Å². The van der Waals surface area contributed by atoms with Crippen molar-refractivity contribution in [2.45, 2.75) is 33.7 Å². The first-order valence-electron chi connectivity index (χ1n) is 8.04. The lowest BCUT2D eigenvalue weighted by atomic mass is 10.1. The van der Waals surface area contributed by atoms with Crippen LogP contribution in [0, 0.1) is 5.92 Å². The largest absolute Gasteiger partial charge is 0.463 e. The Labute approximate surface area is 140 Å². The van der Waals surface area contributed by atoms with E-state index in [1.165, 1.54) is 0 Å². The zero-order valence-corrected chi connectivity index (χ0v) is 14.0. The average Bonchev–Trinajstić information content (AvgIpc) is 3.26. The van der Waals surface area contributed by atoms with Crippen LogP contribution in [0.4, 0.5) is 5.82 Å². The zero-order valence-electron chi connectivity index (χ0n) is 14.0. The van der Waals surface area contributed by atoms with Crippen molar-refractivity contribution in [3.63, 3.8) is 0 Å². The third-order valence-corrected chi connectivity index (χ3v) is 3.59. The summed E-state index contributed by atoms with van der Waals surface area (Å²) in [6.45, 7) is 6.86. The number of hydrogen-bond acceptors (Lipinski definition) is 4. The van der Waals surface area contributed by atoms with Crippen LogP contribution in [0.2, 0.25) is 0 Å². The monoisotopic (exact) mass is 327 g/mol. The van der Waals surface area contributed by atoms with E-state index < -0.39 is 0 Å². The standard InChI is InChI=1S/C17H21N5O2/c1-4-22-14(9-12(21-22)8-11(2)3)17(23)18-16-10-13(19-20-16)15-6-5-7-24-15/h5-7,9-11H,4,8H2,1-3H3,(H2,18,19,20,23). The van der Waals surface area contributed by atoms with Gasteiger partial charge in [0.05, 0.1) is 12.0 Å². The Bertz CT molecular complexity index is 814.